The Hall–Kier alpha value is -0.860. The molecular formula is C14H22N2. The van der Waals surface area contributed by atoms with Crippen molar-refractivity contribution in [1.82, 2.24) is 10.2 Å². The van der Waals surface area contributed by atoms with Crippen LogP contribution in [0.4, 0.5) is 0 Å². The number of likely N-dealkylation sites (tertiary alicyclic amines) is 1. The summed E-state index contributed by atoms with van der Waals surface area (Å²) in [4.78, 5) is 2.56. The molecule has 1 heterocycles. The molecule has 0 spiro atoms. The van der Waals surface area contributed by atoms with Crippen molar-refractivity contribution in [2.75, 3.05) is 20.1 Å². The second-order valence-corrected chi connectivity index (χ2v) is 4.85. The molecule has 0 amide bonds. The van der Waals surface area contributed by atoms with E-state index >= 15 is 0 Å². The third kappa shape index (κ3) is 2.83. The maximum absolute atomic E-state index is 3.36. The van der Waals surface area contributed by atoms with Crippen LogP contribution in [-0.2, 0) is 6.54 Å². The van der Waals surface area contributed by atoms with E-state index in [4.69, 9.17) is 0 Å². The lowest BCUT2D eigenvalue weighted by Gasteiger charge is -2.20. The van der Waals surface area contributed by atoms with Crippen LogP contribution < -0.4 is 5.32 Å². The van der Waals surface area contributed by atoms with E-state index in [1.54, 1.807) is 0 Å². The third-order valence-electron chi connectivity index (χ3n) is 3.72. The van der Waals surface area contributed by atoms with Gasteiger partial charge in [0.05, 0.1) is 0 Å². The molecule has 0 aromatic heterocycles. The van der Waals surface area contributed by atoms with Gasteiger partial charge in [-0.05, 0) is 38.4 Å². The molecule has 0 radical (unpaired) electrons. The van der Waals surface area contributed by atoms with Crippen LogP contribution in [-0.4, -0.2) is 31.1 Å². The van der Waals surface area contributed by atoms with Gasteiger partial charge >= 0.3 is 0 Å². The van der Waals surface area contributed by atoms with Crippen molar-refractivity contribution >= 4 is 0 Å². The van der Waals surface area contributed by atoms with Gasteiger partial charge < -0.3 is 5.32 Å². The summed E-state index contributed by atoms with van der Waals surface area (Å²) in [6, 6.07) is 11.4. The minimum absolute atomic E-state index is 0.640. The van der Waals surface area contributed by atoms with Gasteiger partial charge in [0.15, 0.2) is 0 Å². The maximum Gasteiger partial charge on any atom is 0.0233 e. The normalized spacial score (nSPS) is 23.5. The van der Waals surface area contributed by atoms with E-state index in [-0.39, 0.29) is 0 Å². The Morgan fingerprint density at radius 1 is 1.38 bits per heavy atom. The Morgan fingerprint density at radius 3 is 2.81 bits per heavy atom. The second kappa shape index (κ2) is 5.46. The van der Waals surface area contributed by atoms with Crippen molar-refractivity contribution in [2.24, 2.45) is 5.92 Å². The van der Waals surface area contributed by atoms with E-state index in [1.165, 1.54) is 25.1 Å². The highest BCUT2D eigenvalue weighted by atomic mass is 15.1. The molecule has 1 aliphatic heterocycles. The molecular weight excluding hydrogens is 196 g/mol. The molecule has 1 fully saturated rings. The van der Waals surface area contributed by atoms with Crippen LogP contribution in [0.2, 0.25) is 0 Å². The second-order valence-electron chi connectivity index (χ2n) is 4.85. The molecule has 2 heteroatoms. The topological polar surface area (TPSA) is 15.3 Å². The molecule has 1 aromatic rings. The van der Waals surface area contributed by atoms with Crippen LogP contribution >= 0.6 is 0 Å². The van der Waals surface area contributed by atoms with Crippen molar-refractivity contribution in [3.05, 3.63) is 35.9 Å². The summed E-state index contributed by atoms with van der Waals surface area (Å²) < 4.78 is 0. The summed E-state index contributed by atoms with van der Waals surface area (Å²) in [5, 5.41) is 3.36. The predicted molar refractivity (Wildman–Crippen MR) is 68.3 cm³/mol. The molecule has 1 unspecified atom stereocenters. The molecule has 2 nitrogen and oxygen atoms in total. The maximum atomic E-state index is 3.36. The van der Waals surface area contributed by atoms with Gasteiger partial charge in [0.2, 0.25) is 0 Å². The summed E-state index contributed by atoms with van der Waals surface area (Å²) in [5.41, 5.74) is 1.43. The fourth-order valence-corrected chi connectivity index (χ4v) is 2.49. The standard InChI is InChI=1S/C14H22N2/c1-12(15-2)14-8-9-16(11-14)10-13-6-4-3-5-7-13/h3-7,12,14-15H,8-11H2,1-2H3/t12?,14-/m1/s1. The van der Waals surface area contributed by atoms with Crippen molar-refractivity contribution in [3.63, 3.8) is 0 Å². The van der Waals surface area contributed by atoms with E-state index in [9.17, 15) is 0 Å². The highest BCUT2D eigenvalue weighted by molar-refractivity contribution is 5.14. The van der Waals surface area contributed by atoms with Crippen molar-refractivity contribution in [3.8, 4) is 0 Å². The number of hydrogen-bond donors (Lipinski definition) is 1. The zero-order valence-electron chi connectivity index (χ0n) is 10.3. The lowest BCUT2D eigenvalue weighted by Crippen LogP contribution is -2.32. The lowest BCUT2D eigenvalue weighted by atomic mass is 10.0. The molecule has 0 saturated carbocycles. The Balaban J connectivity index is 1.85. The molecule has 1 aromatic carbocycles. The van der Waals surface area contributed by atoms with E-state index in [0.717, 1.165) is 12.5 Å². The van der Waals surface area contributed by atoms with Crippen LogP contribution in [0, 0.1) is 5.92 Å². The Labute approximate surface area is 98.7 Å². The average Bonchev–Trinajstić information content (AvgIpc) is 2.78. The Kier molecular flexibility index (Phi) is 3.97. The number of nitrogens with zero attached hydrogens (tertiary/aromatic N) is 1. The first-order valence-corrected chi connectivity index (χ1v) is 6.23. The predicted octanol–water partition coefficient (Wildman–Crippen LogP) is 2.12. The number of nitrogens with one attached hydrogen (secondary N) is 1. The largest absolute Gasteiger partial charge is 0.317 e. The van der Waals surface area contributed by atoms with E-state index in [0.29, 0.717) is 6.04 Å². The molecule has 88 valence electrons. The summed E-state index contributed by atoms with van der Waals surface area (Å²) in [5.74, 6) is 0.814. The number of benzene rings is 1. The van der Waals surface area contributed by atoms with Crippen molar-refractivity contribution in [2.45, 2.75) is 25.9 Å². The number of rotatable bonds is 4. The Morgan fingerprint density at radius 2 is 2.12 bits per heavy atom. The fourth-order valence-electron chi connectivity index (χ4n) is 2.49. The zero-order chi connectivity index (χ0) is 11.4. The summed E-state index contributed by atoms with van der Waals surface area (Å²) in [6.45, 7) is 5.87. The van der Waals surface area contributed by atoms with Crippen molar-refractivity contribution in [1.29, 1.82) is 0 Å². The molecule has 1 aliphatic rings. The van der Waals surface area contributed by atoms with E-state index in [2.05, 4.69) is 54.5 Å². The van der Waals surface area contributed by atoms with Crippen LogP contribution in [0.25, 0.3) is 0 Å². The minimum Gasteiger partial charge on any atom is -0.317 e. The van der Waals surface area contributed by atoms with Gasteiger partial charge in [-0.15, -0.1) is 0 Å². The SMILES string of the molecule is CNC(C)[C@@H]1CCN(Cc2ccccc2)C1. The van der Waals surface area contributed by atoms with Gasteiger partial charge in [-0.2, -0.15) is 0 Å². The molecule has 16 heavy (non-hydrogen) atoms. The molecule has 0 bridgehead atoms. The first-order chi connectivity index (χ1) is 7.79. The number of hydrogen-bond acceptors (Lipinski definition) is 2. The van der Waals surface area contributed by atoms with Crippen LogP contribution in [0.1, 0.15) is 18.9 Å². The van der Waals surface area contributed by atoms with Gasteiger partial charge in [-0.25, -0.2) is 0 Å². The summed E-state index contributed by atoms with van der Waals surface area (Å²) in [7, 11) is 2.06. The molecule has 0 aliphatic carbocycles. The summed E-state index contributed by atoms with van der Waals surface area (Å²) in [6.07, 6.45) is 1.33. The van der Waals surface area contributed by atoms with Gasteiger partial charge in [0.25, 0.3) is 0 Å². The molecule has 1 N–H and O–H groups in total. The van der Waals surface area contributed by atoms with Crippen molar-refractivity contribution < 1.29 is 0 Å². The quantitative estimate of drug-likeness (QED) is 0.832. The molecule has 2 rings (SSSR count). The smallest absolute Gasteiger partial charge is 0.0233 e. The summed E-state index contributed by atoms with van der Waals surface area (Å²) >= 11 is 0. The average molecular weight is 218 g/mol. The Bertz CT molecular complexity index is 310. The van der Waals surface area contributed by atoms with E-state index < -0.39 is 0 Å². The highest BCUT2D eigenvalue weighted by Crippen LogP contribution is 2.21. The molecule has 2 atom stereocenters. The first-order valence-electron chi connectivity index (χ1n) is 6.23. The highest BCUT2D eigenvalue weighted by Gasteiger charge is 2.25. The lowest BCUT2D eigenvalue weighted by molar-refractivity contribution is 0.301. The fraction of sp³-hybridized carbons (Fsp3) is 0.571. The van der Waals surface area contributed by atoms with Gasteiger partial charge in [-0.1, -0.05) is 30.3 Å². The monoisotopic (exact) mass is 218 g/mol. The van der Waals surface area contributed by atoms with Gasteiger partial charge in [-0.3, -0.25) is 4.90 Å². The minimum atomic E-state index is 0.640. The zero-order valence-corrected chi connectivity index (χ0v) is 10.3. The first kappa shape index (κ1) is 11.6. The van der Waals surface area contributed by atoms with Gasteiger partial charge in [0.1, 0.15) is 0 Å². The molecule has 1 saturated heterocycles. The van der Waals surface area contributed by atoms with Crippen LogP contribution in [0.5, 0.6) is 0 Å². The van der Waals surface area contributed by atoms with Crippen LogP contribution in [0.15, 0.2) is 30.3 Å². The third-order valence-corrected chi connectivity index (χ3v) is 3.72. The van der Waals surface area contributed by atoms with Gasteiger partial charge in [0, 0.05) is 19.1 Å². The van der Waals surface area contributed by atoms with E-state index in [1.807, 2.05) is 0 Å². The van der Waals surface area contributed by atoms with Crippen LogP contribution in [0.3, 0.4) is 0 Å².